The molecule has 9 heteroatoms. The topological polar surface area (TPSA) is 113 Å². The van der Waals surface area contributed by atoms with Gasteiger partial charge in [0.05, 0.1) is 12.6 Å². The number of rotatable bonds is 12. The Morgan fingerprint density at radius 2 is 1.87 bits per heavy atom. The summed E-state index contributed by atoms with van der Waals surface area (Å²) in [5.74, 6) is 1.38. The van der Waals surface area contributed by atoms with Crippen molar-refractivity contribution in [3.8, 4) is 0 Å². The summed E-state index contributed by atoms with van der Waals surface area (Å²) in [4.78, 5) is 33.3. The Labute approximate surface area is 228 Å². The third-order valence-corrected chi connectivity index (χ3v) is 7.12. The molecule has 1 heterocycles. The summed E-state index contributed by atoms with van der Waals surface area (Å²) >= 11 is 0. The highest BCUT2D eigenvalue weighted by molar-refractivity contribution is 6.43. The van der Waals surface area contributed by atoms with Crippen molar-refractivity contribution in [1.29, 1.82) is 0 Å². The first-order chi connectivity index (χ1) is 18.0. The molecule has 0 radical (unpaired) electrons. The van der Waals surface area contributed by atoms with Gasteiger partial charge in [0.2, 0.25) is 5.91 Å². The van der Waals surface area contributed by atoms with Gasteiger partial charge in [-0.1, -0.05) is 71.9 Å². The van der Waals surface area contributed by atoms with Gasteiger partial charge in [-0.05, 0) is 48.0 Å². The number of amides is 2. The van der Waals surface area contributed by atoms with Crippen molar-refractivity contribution >= 4 is 18.9 Å². The highest BCUT2D eigenvalue weighted by atomic mass is 16.5. The van der Waals surface area contributed by atoms with Crippen LogP contribution in [-0.2, 0) is 15.9 Å². The van der Waals surface area contributed by atoms with Crippen LogP contribution in [0.2, 0.25) is 0 Å². The summed E-state index contributed by atoms with van der Waals surface area (Å²) in [6, 6.07) is 8.56. The Morgan fingerprint density at radius 3 is 2.45 bits per heavy atom. The molecule has 8 nitrogen and oxygen atoms in total. The molecule has 3 unspecified atom stereocenters. The third kappa shape index (κ3) is 10.5. The lowest BCUT2D eigenvalue weighted by atomic mass is 9.54. The second-order valence-electron chi connectivity index (χ2n) is 11.4. The molecule has 0 spiro atoms. The first-order valence-corrected chi connectivity index (χ1v) is 13.7. The fraction of sp³-hybridized carbons (Fsp3) is 0.586. The van der Waals surface area contributed by atoms with Crippen molar-refractivity contribution in [3.05, 3.63) is 60.2 Å². The minimum atomic E-state index is -1.11. The summed E-state index contributed by atoms with van der Waals surface area (Å²) < 4.78 is 5.49. The fourth-order valence-corrected chi connectivity index (χ4v) is 4.39. The lowest BCUT2D eigenvalue weighted by Crippen LogP contribution is -2.50. The number of hydrogen-bond donors (Lipinski definition) is 3. The number of nitrogens with one attached hydrogen (secondary N) is 2. The van der Waals surface area contributed by atoms with Crippen molar-refractivity contribution in [2.75, 3.05) is 13.1 Å². The van der Waals surface area contributed by atoms with Gasteiger partial charge >= 0.3 is 7.12 Å². The van der Waals surface area contributed by atoms with Gasteiger partial charge in [-0.2, -0.15) is 0 Å². The number of benzene rings is 1. The van der Waals surface area contributed by atoms with E-state index in [4.69, 9.17) is 4.65 Å². The molecule has 38 heavy (non-hydrogen) atoms. The minimum absolute atomic E-state index is 0.0584. The van der Waals surface area contributed by atoms with Crippen LogP contribution in [0.5, 0.6) is 0 Å². The molecule has 1 aliphatic rings. The van der Waals surface area contributed by atoms with Crippen molar-refractivity contribution in [3.63, 3.8) is 0 Å². The van der Waals surface area contributed by atoms with Gasteiger partial charge in [-0.3, -0.25) is 14.6 Å². The smallest absolute Gasteiger partial charge is 0.426 e. The Hall–Kier alpha value is -2.78. The standard InChI is InChI=1S/C25H35BN4O4.C4H10/c1-18-14-20(25(18,2)3)10-7-13-34-26(33)17-29-23(31)21(15-19-8-5-4-6-9-19)30-24(32)22-16-27-11-12-28-22;1-4(2)3/h4-6,8-9,11-12,16,18,20-21,33H,7,10,13-15,17H2,1-3H3,(H,29,31)(H,30,32);4H,1-3H3. The zero-order valence-corrected chi connectivity index (χ0v) is 23.8. The van der Waals surface area contributed by atoms with Crippen LogP contribution >= 0.6 is 0 Å². The van der Waals surface area contributed by atoms with Crippen molar-refractivity contribution in [2.45, 2.75) is 73.3 Å². The van der Waals surface area contributed by atoms with E-state index in [1.807, 2.05) is 30.3 Å². The van der Waals surface area contributed by atoms with E-state index >= 15 is 0 Å². The van der Waals surface area contributed by atoms with Crippen LogP contribution in [0.15, 0.2) is 48.9 Å². The van der Waals surface area contributed by atoms with E-state index in [0.29, 0.717) is 24.4 Å². The van der Waals surface area contributed by atoms with E-state index in [9.17, 15) is 14.6 Å². The first kappa shape index (κ1) is 31.4. The maximum Gasteiger partial charge on any atom is 0.474 e. The number of hydrogen-bond acceptors (Lipinski definition) is 6. The zero-order valence-electron chi connectivity index (χ0n) is 23.8. The highest BCUT2D eigenvalue weighted by Gasteiger charge is 2.44. The largest absolute Gasteiger partial charge is 0.474 e. The number of aromatic nitrogens is 2. The molecule has 0 saturated heterocycles. The molecule has 1 aliphatic carbocycles. The average Bonchev–Trinajstić information content (AvgIpc) is 2.89. The van der Waals surface area contributed by atoms with Gasteiger partial charge in [0.15, 0.2) is 0 Å². The Kier molecular flexibility index (Phi) is 12.9. The second kappa shape index (κ2) is 15.6. The van der Waals surface area contributed by atoms with E-state index in [-0.39, 0.29) is 12.1 Å². The Bertz CT molecular complexity index is 972. The Balaban J connectivity index is 0.00000118. The Morgan fingerprint density at radius 1 is 1.18 bits per heavy atom. The van der Waals surface area contributed by atoms with Crippen molar-refractivity contribution < 1.29 is 19.3 Å². The average molecular weight is 525 g/mol. The predicted octanol–water partition coefficient (Wildman–Crippen LogP) is 4.09. The predicted molar refractivity (Wildman–Crippen MR) is 151 cm³/mol. The molecule has 3 rings (SSSR count). The zero-order chi connectivity index (χ0) is 28.1. The maximum atomic E-state index is 12.9. The van der Waals surface area contributed by atoms with E-state index in [2.05, 4.69) is 62.1 Å². The SMILES string of the molecule is CC(C)C.CC1CC(CCCOB(O)CNC(=O)C(Cc2ccccc2)NC(=O)c2cnccn2)C1(C)C. The van der Waals surface area contributed by atoms with Crippen LogP contribution in [0.1, 0.15) is 76.9 Å². The normalized spacial score (nSPS) is 18.4. The van der Waals surface area contributed by atoms with E-state index in [1.165, 1.54) is 25.0 Å². The molecule has 208 valence electrons. The lowest BCUT2D eigenvalue weighted by molar-refractivity contribution is -0.122. The summed E-state index contributed by atoms with van der Waals surface area (Å²) in [5.41, 5.74) is 1.39. The lowest BCUT2D eigenvalue weighted by Gasteiger charge is -2.51. The van der Waals surface area contributed by atoms with Crippen LogP contribution in [0.25, 0.3) is 0 Å². The van der Waals surface area contributed by atoms with Crippen LogP contribution in [0.3, 0.4) is 0 Å². The van der Waals surface area contributed by atoms with Gasteiger partial charge in [0.25, 0.3) is 5.91 Å². The molecular weight excluding hydrogens is 479 g/mol. The molecule has 3 N–H and O–H groups in total. The van der Waals surface area contributed by atoms with E-state index in [0.717, 1.165) is 30.2 Å². The highest BCUT2D eigenvalue weighted by Crippen LogP contribution is 2.52. The third-order valence-electron chi connectivity index (χ3n) is 7.12. The van der Waals surface area contributed by atoms with Crippen LogP contribution in [0, 0.1) is 23.2 Å². The molecule has 3 atom stereocenters. The summed E-state index contributed by atoms with van der Waals surface area (Å²) in [5, 5.41) is 15.6. The molecule has 1 aromatic heterocycles. The molecule has 0 bridgehead atoms. The van der Waals surface area contributed by atoms with Crippen LogP contribution in [-0.4, -0.2) is 53.0 Å². The van der Waals surface area contributed by atoms with Gasteiger partial charge in [-0.15, -0.1) is 0 Å². The number of carbonyl (C=O) groups excluding carboxylic acids is 2. The molecule has 0 aliphatic heterocycles. The van der Waals surface area contributed by atoms with E-state index in [1.54, 1.807) is 0 Å². The molecule has 2 amide bonds. The number of carbonyl (C=O) groups is 2. The second-order valence-corrected chi connectivity index (χ2v) is 11.4. The minimum Gasteiger partial charge on any atom is -0.426 e. The van der Waals surface area contributed by atoms with Crippen LogP contribution in [0.4, 0.5) is 0 Å². The van der Waals surface area contributed by atoms with Gasteiger partial charge in [0.1, 0.15) is 11.7 Å². The van der Waals surface area contributed by atoms with Gasteiger partial charge < -0.3 is 20.3 Å². The molecule has 1 saturated carbocycles. The first-order valence-electron chi connectivity index (χ1n) is 13.7. The number of nitrogens with zero attached hydrogens (tertiary/aromatic N) is 2. The van der Waals surface area contributed by atoms with Gasteiger partial charge in [-0.25, -0.2) is 4.98 Å². The van der Waals surface area contributed by atoms with Crippen LogP contribution < -0.4 is 10.6 Å². The molecule has 1 aromatic carbocycles. The molecule has 2 aromatic rings. The van der Waals surface area contributed by atoms with Gasteiger partial charge in [0, 0.05) is 25.4 Å². The summed E-state index contributed by atoms with van der Waals surface area (Å²) in [7, 11) is -1.11. The quantitative estimate of drug-likeness (QED) is 0.285. The van der Waals surface area contributed by atoms with Crippen molar-refractivity contribution in [1.82, 2.24) is 20.6 Å². The summed E-state index contributed by atoms with van der Waals surface area (Å²) in [6.45, 7) is 13.9. The summed E-state index contributed by atoms with van der Waals surface area (Å²) in [6.07, 6.45) is 7.66. The maximum absolute atomic E-state index is 12.9. The molecule has 1 fully saturated rings. The van der Waals surface area contributed by atoms with Crippen molar-refractivity contribution in [2.24, 2.45) is 23.2 Å². The molecular formula is C29H45BN4O4. The van der Waals surface area contributed by atoms with E-state index < -0.39 is 25.0 Å². The fourth-order valence-electron chi connectivity index (χ4n) is 4.39. The monoisotopic (exact) mass is 524 g/mol.